The minimum absolute atomic E-state index is 0.000962. The predicted octanol–water partition coefficient (Wildman–Crippen LogP) is 6.17. The van der Waals surface area contributed by atoms with Gasteiger partial charge >= 0.3 is 0 Å². The van der Waals surface area contributed by atoms with Crippen LogP contribution in [0.1, 0.15) is 32.6 Å². The van der Waals surface area contributed by atoms with Crippen LogP contribution in [-0.4, -0.2) is 15.6 Å². The molecule has 0 saturated heterocycles. The summed E-state index contributed by atoms with van der Waals surface area (Å²) in [7, 11) is 0. The number of allylic oxidation sites excluding steroid dienone is 1. The number of aromatic nitrogens is 2. The third kappa shape index (κ3) is 4.44. The van der Waals surface area contributed by atoms with Gasteiger partial charge in [0.1, 0.15) is 5.69 Å². The van der Waals surface area contributed by atoms with Gasteiger partial charge in [0.15, 0.2) is 5.78 Å². The van der Waals surface area contributed by atoms with Gasteiger partial charge in [-0.05, 0) is 60.2 Å². The largest absolute Gasteiger partial charge is 0.289 e. The van der Waals surface area contributed by atoms with Crippen LogP contribution in [-0.2, 0) is 6.54 Å². The van der Waals surface area contributed by atoms with Crippen LogP contribution >= 0.6 is 11.3 Å². The minimum atomic E-state index is 0.000962. The number of hydrogen-bond donors (Lipinski definition) is 0. The molecule has 0 amide bonds. The number of rotatable bonds is 6. The lowest BCUT2D eigenvalue weighted by atomic mass is 10.0. The van der Waals surface area contributed by atoms with Crippen molar-refractivity contribution in [2.45, 2.75) is 20.4 Å². The lowest BCUT2D eigenvalue weighted by Gasteiger charge is -2.01. The molecule has 2 aromatic carbocycles. The standard InChI is InChI=1S/C25H22N2OS/c1-18-10-11-21(15-19(18)2)23(28)13-12-22-17-27(16-20-7-4-3-5-8-20)26-25(22)24-9-6-14-29-24/h3-15,17H,16H2,1-2H3/b13-12+. The fourth-order valence-electron chi connectivity index (χ4n) is 3.17. The molecule has 0 aliphatic carbocycles. The van der Waals surface area contributed by atoms with E-state index in [1.165, 1.54) is 11.1 Å². The van der Waals surface area contributed by atoms with Crippen LogP contribution in [0.3, 0.4) is 0 Å². The maximum absolute atomic E-state index is 12.7. The van der Waals surface area contributed by atoms with Crippen molar-refractivity contribution in [3.05, 3.63) is 106 Å². The Labute approximate surface area is 175 Å². The average molecular weight is 399 g/mol. The van der Waals surface area contributed by atoms with Gasteiger partial charge < -0.3 is 0 Å². The number of ketones is 1. The highest BCUT2D eigenvalue weighted by atomic mass is 32.1. The average Bonchev–Trinajstić information content (AvgIpc) is 3.39. The molecule has 0 fully saturated rings. The number of carbonyl (C=O) groups is 1. The van der Waals surface area contributed by atoms with Gasteiger partial charge in [0.25, 0.3) is 0 Å². The molecule has 0 aliphatic rings. The fraction of sp³-hybridized carbons (Fsp3) is 0.120. The Balaban J connectivity index is 1.63. The van der Waals surface area contributed by atoms with Crippen LogP contribution in [0.15, 0.2) is 78.3 Å². The third-order valence-electron chi connectivity index (χ3n) is 4.94. The van der Waals surface area contributed by atoms with E-state index in [-0.39, 0.29) is 5.78 Å². The summed E-state index contributed by atoms with van der Waals surface area (Å²) in [6, 6.07) is 20.1. The summed E-state index contributed by atoms with van der Waals surface area (Å²) < 4.78 is 1.94. The van der Waals surface area contributed by atoms with Gasteiger partial charge in [0, 0.05) is 17.3 Å². The minimum Gasteiger partial charge on any atom is -0.289 e. The van der Waals surface area contributed by atoms with Crippen molar-refractivity contribution in [1.82, 2.24) is 9.78 Å². The highest BCUT2D eigenvalue weighted by Gasteiger charge is 2.11. The molecule has 0 unspecified atom stereocenters. The van der Waals surface area contributed by atoms with Gasteiger partial charge in [-0.3, -0.25) is 9.48 Å². The molecule has 144 valence electrons. The lowest BCUT2D eigenvalue weighted by Crippen LogP contribution is -1.99. The zero-order valence-electron chi connectivity index (χ0n) is 16.5. The highest BCUT2D eigenvalue weighted by molar-refractivity contribution is 7.13. The fourth-order valence-corrected chi connectivity index (χ4v) is 3.90. The first kappa shape index (κ1) is 19.1. The number of nitrogens with zero attached hydrogens (tertiary/aromatic N) is 2. The first-order valence-corrected chi connectivity index (χ1v) is 10.4. The second-order valence-electron chi connectivity index (χ2n) is 7.09. The van der Waals surface area contributed by atoms with E-state index in [1.807, 2.05) is 78.6 Å². The molecule has 4 heteroatoms. The molecule has 3 nitrogen and oxygen atoms in total. The number of aryl methyl sites for hydroxylation is 2. The van der Waals surface area contributed by atoms with Crippen molar-refractivity contribution in [3.8, 4) is 10.6 Å². The van der Waals surface area contributed by atoms with E-state index >= 15 is 0 Å². The van der Waals surface area contributed by atoms with E-state index in [1.54, 1.807) is 17.4 Å². The summed E-state index contributed by atoms with van der Waals surface area (Å²) >= 11 is 1.65. The molecule has 0 spiro atoms. The Morgan fingerprint density at radius 1 is 1.03 bits per heavy atom. The van der Waals surface area contributed by atoms with Gasteiger partial charge in [-0.25, -0.2) is 0 Å². The maximum atomic E-state index is 12.7. The molecule has 2 heterocycles. The highest BCUT2D eigenvalue weighted by Crippen LogP contribution is 2.28. The Hall–Kier alpha value is -3.24. The van der Waals surface area contributed by atoms with E-state index in [2.05, 4.69) is 18.2 Å². The predicted molar refractivity (Wildman–Crippen MR) is 120 cm³/mol. The Morgan fingerprint density at radius 3 is 2.59 bits per heavy atom. The first-order chi connectivity index (χ1) is 14.1. The van der Waals surface area contributed by atoms with Crippen LogP contribution in [0.5, 0.6) is 0 Å². The second-order valence-corrected chi connectivity index (χ2v) is 8.04. The van der Waals surface area contributed by atoms with E-state index in [0.29, 0.717) is 12.1 Å². The monoisotopic (exact) mass is 398 g/mol. The van der Waals surface area contributed by atoms with E-state index < -0.39 is 0 Å². The molecule has 4 rings (SSSR count). The zero-order chi connectivity index (χ0) is 20.2. The van der Waals surface area contributed by atoms with Crippen LogP contribution in [0.4, 0.5) is 0 Å². The van der Waals surface area contributed by atoms with E-state index in [4.69, 9.17) is 5.10 Å². The van der Waals surface area contributed by atoms with Crippen molar-refractivity contribution in [3.63, 3.8) is 0 Å². The summed E-state index contributed by atoms with van der Waals surface area (Å²) in [4.78, 5) is 13.8. The molecule has 29 heavy (non-hydrogen) atoms. The normalized spacial score (nSPS) is 11.2. The van der Waals surface area contributed by atoms with Crippen molar-refractivity contribution < 1.29 is 4.79 Å². The summed E-state index contributed by atoms with van der Waals surface area (Å²) in [6.07, 6.45) is 5.53. The van der Waals surface area contributed by atoms with Gasteiger partial charge in [0.05, 0.1) is 11.4 Å². The number of thiophene rings is 1. The summed E-state index contributed by atoms with van der Waals surface area (Å²) in [6.45, 7) is 4.77. The zero-order valence-corrected chi connectivity index (χ0v) is 17.3. The van der Waals surface area contributed by atoms with E-state index in [0.717, 1.165) is 21.7 Å². The molecule has 0 saturated carbocycles. The molecule has 0 bridgehead atoms. The molecule has 0 radical (unpaired) electrons. The quantitative estimate of drug-likeness (QED) is 0.287. The number of benzene rings is 2. The second kappa shape index (κ2) is 8.41. The molecule has 2 aromatic heterocycles. The van der Waals surface area contributed by atoms with Crippen LogP contribution in [0.25, 0.3) is 16.6 Å². The van der Waals surface area contributed by atoms with Gasteiger partial charge in [-0.15, -0.1) is 11.3 Å². The van der Waals surface area contributed by atoms with E-state index in [9.17, 15) is 4.79 Å². The Kier molecular flexibility index (Phi) is 5.54. The van der Waals surface area contributed by atoms with Gasteiger partial charge in [-0.1, -0.05) is 48.5 Å². The maximum Gasteiger partial charge on any atom is 0.185 e. The van der Waals surface area contributed by atoms with Crippen molar-refractivity contribution in [1.29, 1.82) is 0 Å². The third-order valence-corrected chi connectivity index (χ3v) is 5.81. The summed E-state index contributed by atoms with van der Waals surface area (Å²) in [5.41, 5.74) is 6.06. The van der Waals surface area contributed by atoms with Gasteiger partial charge in [0.2, 0.25) is 0 Å². The van der Waals surface area contributed by atoms with Crippen LogP contribution in [0, 0.1) is 13.8 Å². The SMILES string of the molecule is Cc1ccc(C(=O)/C=C/c2cn(Cc3ccccc3)nc2-c2cccs2)cc1C. The topological polar surface area (TPSA) is 34.9 Å². The van der Waals surface area contributed by atoms with Crippen LogP contribution in [0.2, 0.25) is 0 Å². The summed E-state index contributed by atoms with van der Waals surface area (Å²) in [5.74, 6) is 0.000962. The van der Waals surface area contributed by atoms with Crippen LogP contribution < -0.4 is 0 Å². The molecule has 4 aromatic rings. The Morgan fingerprint density at radius 2 is 1.86 bits per heavy atom. The lowest BCUT2D eigenvalue weighted by molar-refractivity contribution is 0.104. The summed E-state index contributed by atoms with van der Waals surface area (Å²) in [5, 5.41) is 6.83. The molecule has 0 atom stereocenters. The van der Waals surface area contributed by atoms with Crippen molar-refractivity contribution >= 4 is 23.2 Å². The molecule has 0 N–H and O–H groups in total. The van der Waals surface area contributed by atoms with Gasteiger partial charge in [-0.2, -0.15) is 5.10 Å². The Bertz CT molecular complexity index is 1160. The van der Waals surface area contributed by atoms with Crippen molar-refractivity contribution in [2.24, 2.45) is 0 Å². The number of carbonyl (C=O) groups excluding carboxylic acids is 1. The smallest absolute Gasteiger partial charge is 0.185 e. The molecular formula is C25H22N2OS. The molecular weight excluding hydrogens is 376 g/mol. The first-order valence-electron chi connectivity index (χ1n) is 9.55. The molecule has 0 aliphatic heterocycles. The van der Waals surface area contributed by atoms with Crippen molar-refractivity contribution in [2.75, 3.05) is 0 Å². The number of hydrogen-bond acceptors (Lipinski definition) is 3.